The van der Waals surface area contributed by atoms with E-state index in [2.05, 4.69) is 10.6 Å². The van der Waals surface area contributed by atoms with E-state index in [9.17, 15) is 91.3 Å². The molecule has 0 aromatic rings. The molecule has 31 nitrogen and oxygen atoms in total. The van der Waals surface area contributed by atoms with E-state index in [0.717, 1.165) is 13.8 Å². The van der Waals surface area contributed by atoms with Crippen molar-refractivity contribution in [3.63, 3.8) is 0 Å². The smallest absolute Gasteiger partial charge is 0.217 e. The molecule has 70 heavy (non-hydrogen) atoms. The molecule has 6 rings (SSSR count). The van der Waals surface area contributed by atoms with Crippen LogP contribution in [0, 0.1) is 0 Å². The molecule has 0 aromatic heterocycles. The molecule has 6 heterocycles. The van der Waals surface area contributed by atoms with E-state index in [4.69, 9.17) is 52.1 Å². The highest BCUT2D eigenvalue weighted by Gasteiger charge is 2.58. The maximum Gasteiger partial charge on any atom is 0.217 e. The standard InChI is InChI=1S/C39H66N2O29/c1-9-19(48)25(54)28(57)36(62-9)61-8-16-31(23(52)17(34(59)63-16)40-10(2)45)67-35-18(41-11(3)46)24(53)30(15(6-44)66-35)68-39-33(70-37-27(56)20(49)12(47)7-60-37)32(22(51)14(5-43)65-39)69-38-29(58)26(55)21(50)13(4-42)64-38/h9,12-39,42-44,47-59H,4-8H2,1-3H3,(H,40,45)(H,41,46)/t9-,12+,13+,14+,15+,16+,17+,18+,19+,20-,21+,22+,23+,24+,25+,26-,27+,28-,29-,30+,31+,32-,33-,34+,35-,36+,37-,38+,39-/m0/s1. The Morgan fingerprint density at radius 3 is 1.57 bits per heavy atom. The average Bonchev–Trinajstić information content (AvgIpc) is 3.32. The quantitative estimate of drug-likeness (QED) is 0.0682. The maximum absolute atomic E-state index is 12.7. The number of nitrogens with one attached hydrogen (secondary N) is 2. The Hall–Kier alpha value is -2.14. The Labute approximate surface area is 397 Å². The summed E-state index contributed by atoms with van der Waals surface area (Å²) in [4.78, 5) is 24.9. The Kier molecular flexibility index (Phi) is 20.0. The molecule has 2 amide bonds. The summed E-state index contributed by atoms with van der Waals surface area (Å²) >= 11 is 0. The minimum absolute atomic E-state index is 0.634. The van der Waals surface area contributed by atoms with Crippen molar-refractivity contribution in [1.82, 2.24) is 10.6 Å². The van der Waals surface area contributed by atoms with Crippen LogP contribution in [-0.4, -0.2) is 305 Å². The van der Waals surface area contributed by atoms with Gasteiger partial charge in [-0.3, -0.25) is 9.59 Å². The van der Waals surface area contributed by atoms with Crippen LogP contribution in [0.15, 0.2) is 0 Å². The molecule has 0 spiro atoms. The van der Waals surface area contributed by atoms with Gasteiger partial charge in [0.1, 0.15) is 134 Å². The summed E-state index contributed by atoms with van der Waals surface area (Å²) in [5.74, 6) is -1.59. The van der Waals surface area contributed by atoms with Crippen molar-refractivity contribution < 1.29 is 143 Å². The number of amides is 2. The second-order valence-electron chi connectivity index (χ2n) is 17.8. The second-order valence-corrected chi connectivity index (χ2v) is 17.8. The Bertz CT molecular complexity index is 1680. The van der Waals surface area contributed by atoms with Crippen LogP contribution in [0.4, 0.5) is 0 Å². The van der Waals surface area contributed by atoms with E-state index in [-0.39, 0.29) is 0 Å². The number of hydrogen-bond donors (Lipinski definition) is 18. The van der Waals surface area contributed by atoms with Crippen LogP contribution in [0.25, 0.3) is 0 Å². The van der Waals surface area contributed by atoms with Crippen LogP contribution in [0.2, 0.25) is 0 Å². The van der Waals surface area contributed by atoms with Gasteiger partial charge in [-0.1, -0.05) is 0 Å². The topological polar surface area (TPSA) is 483 Å². The molecule has 6 aliphatic heterocycles. The van der Waals surface area contributed by atoms with Crippen LogP contribution < -0.4 is 10.6 Å². The number of hydrogen-bond acceptors (Lipinski definition) is 29. The van der Waals surface area contributed by atoms with Gasteiger partial charge in [-0.25, -0.2) is 0 Å². The van der Waals surface area contributed by atoms with Gasteiger partial charge in [0, 0.05) is 13.8 Å². The van der Waals surface area contributed by atoms with Gasteiger partial charge in [0.25, 0.3) is 0 Å². The zero-order chi connectivity index (χ0) is 51.6. The molecular weight excluding hydrogens is 960 g/mol. The molecule has 0 radical (unpaired) electrons. The minimum atomic E-state index is -2.09. The van der Waals surface area contributed by atoms with Crippen molar-refractivity contribution in [2.45, 2.75) is 199 Å². The van der Waals surface area contributed by atoms with E-state index < -0.39 is 223 Å². The molecule has 6 fully saturated rings. The van der Waals surface area contributed by atoms with Crippen molar-refractivity contribution in [2.75, 3.05) is 33.0 Å². The lowest BCUT2D eigenvalue weighted by molar-refractivity contribution is -0.401. The van der Waals surface area contributed by atoms with Gasteiger partial charge >= 0.3 is 0 Å². The van der Waals surface area contributed by atoms with Gasteiger partial charge in [-0.05, 0) is 6.92 Å². The SMILES string of the molecule is CC(=O)N[C@@H]1[C@@H](O)[C@H](O[C@@H]2O[C@H](CO)[C@@H](O[C@@H]3O[C@H](CO)[C@@H](O)[C@H](O[C@H]4O[C@H](CO)[C@@H](O)[C@H](O)[C@@H]4O)[C@@H]3O[C@@H]3OC[C@@H](O)[C@H](O)[C@H]3O)[C@H](O)[C@H]2NC(C)=O)[C@@H](CO[C@@H]2O[C@@H](C)[C@@H](O)[C@@H](O)[C@@H]2O)O[C@H]1O. The third-order valence-electron chi connectivity index (χ3n) is 12.8. The maximum atomic E-state index is 12.7. The van der Waals surface area contributed by atoms with Crippen molar-refractivity contribution >= 4 is 11.8 Å². The summed E-state index contributed by atoms with van der Waals surface area (Å²) in [7, 11) is 0. The largest absolute Gasteiger partial charge is 0.394 e. The van der Waals surface area contributed by atoms with Crippen LogP contribution in [0.3, 0.4) is 0 Å². The highest BCUT2D eigenvalue weighted by atomic mass is 16.8. The van der Waals surface area contributed by atoms with Crippen LogP contribution in [0.1, 0.15) is 20.8 Å². The van der Waals surface area contributed by atoms with Crippen molar-refractivity contribution in [1.29, 1.82) is 0 Å². The molecule has 0 saturated carbocycles. The number of ether oxygens (including phenoxy) is 11. The summed E-state index contributed by atoms with van der Waals surface area (Å²) in [5.41, 5.74) is 0. The van der Waals surface area contributed by atoms with Gasteiger partial charge in [-0.15, -0.1) is 0 Å². The van der Waals surface area contributed by atoms with Gasteiger partial charge < -0.3 is 144 Å². The Morgan fingerprint density at radius 2 is 0.943 bits per heavy atom. The van der Waals surface area contributed by atoms with Crippen molar-refractivity contribution in [3.8, 4) is 0 Å². The average molecular weight is 1030 g/mol. The minimum Gasteiger partial charge on any atom is -0.394 e. The van der Waals surface area contributed by atoms with Gasteiger partial charge in [-0.2, -0.15) is 0 Å². The van der Waals surface area contributed by atoms with Crippen LogP contribution >= 0.6 is 0 Å². The fourth-order valence-corrected chi connectivity index (χ4v) is 8.86. The first kappa shape index (κ1) is 57.1. The normalized spacial score (nSPS) is 50.3. The third-order valence-corrected chi connectivity index (χ3v) is 12.8. The molecule has 0 bridgehead atoms. The summed E-state index contributed by atoms with van der Waals surface area (Å²) in [6, 6.07) is -3.40. The number of carbonyl (C=O) groups is 2. The first-order valence-corrected chi connectivity index (χ1v) is 22.4. The highest BCUT2D eigenvalue weighted by Crippen LogP contribution is 2.37. The summed E-state index contributed by atoms with van der Waals surface area (Å²) < 4.78 is 63.7. The zero-order valence-corrected chi connectivity index (χ0v) is 37.7. The number of aliphatic hydroxyl groups excluding tert-OH is 16. The molecule has 0 aromatic carbocycles. The van der Waals surface area contributed by atoms with E-state index in [1.807, 2.05) is 0 Å². The molecule has 18 N–H and O–H groups in total. The summed E-state index contributed by atoms with van der Waals surface area (Å²) in [5, 5.41) is 176. The highest BCUT2D eigenvalue weighted by molar-refractivity contribution is 5.73. The third kappa shape index (κ3) is 12.3. The molecule has 29 atom stereocenters. The number of rotatable bonds is 16. The summed E-state index contributed by atoms with van der Waals surface area (Å²) in [6.07, 6.45) is -49.5. The predicted molar refractivity (Wildman–Crippen MR) is 215 cm³/mol. The predicted octanol–water partition coefficient (Wildman–Crippen LogP) is -12.1. The van der Waals surface area contributed by atoms with Crippen LogP contribution in [0.5, 0.6) is 0 Å². The van der Waals surface area contributed by atoms with E-state index >= 15 is 0 Å². The zero-order valence-electron chi connectivity index (χ0n) is 37.7. The molecular formula is C39H66N2O29. The molecule has 6 saturated heterocycles. The van der Waals surface area contributed by atoms with Gasteiger partial charge in [0.15, 0.2) is 37.7 Å². The van der Waals surface area contributed by atoms with Crippen molar-refractivity contribution in [2.24, 2.45) is 0 Å². The Morgan fingerprint density at radius 1 is 0.457 bits per heavy atom. The molecule has 0 unspecified atom stereocenters. The first-order valence-electron chi connectivity index (χ1n) is 22.4. The van der Waals surface area contributed by atoms with Crippen LogP contribution in [-0.2, 0) is 61.7 Å². The Balaban J connectivity index is 1.30. The van der Waals surface area contributed by atoms with Gasteiger partial charge in [0.2, 0.25) is 11.8 Å². The lowest BCUT2D eigenvalue weighted by Gasteiger charge is -2.51. The van der Waals surface area contributed by atoms with E-state index in [1.54, 1.807) is 0 Å². The molecule has 31 heteroatoms. The van der Waals surface area contributed by atoms with Crippen molar-refractivity contribution in [3.05, 3.63) is 0 Å². The lowest BCUT2D eigenvalue weighted by atomic mass is 9.93. The number of carbonyl (C=O) groups excluding carboxylic acids is 2. The molecule has 0 aliphatic carbocycles. The second kappa shape index (κ2) is 24.5. The van der Waals surface area contributed by atoms with E-state index in [0.29, 0.717) is 0 Å². The fraction of sp³-hybridized carbons (Fsp3) is 0.949. The fourth-order valence-electron chi connectivity index (χ4n) is 8.86. The number of aliphatic hydroxyl groups is 16. The lowest BCUT2D eigenvalue weighted by Crippen LogP contribution is -2.71. The molecule has 406 valence electrons. The monoisotopic (exact) mass is 1030 g/mol. The van der Waals surface area contributed by atoms with E-state index in [1.165, 1.54) is 6.92 Å². The first-order chi connectivity index (χ1) is 33.0. The van der Waals surface area contributed by atoms with Gasteiger partial charge in [0.05, 0.1) is 39.1 Å². The summed E-state index contributed by atoms with van der Waals surface area (Å²) in [6.45, 7) is -0.909. The molecule has 6 aliphatic rings.